The summed E-state index contributed by atoms with van der Waals surface area (Å²) in [6.07, 6.45) is 0.392. The molecule has 1 aromatic rings. The zero-order valence-corrected chi connectivity index (χ0v) is 9.04. The number of halogens is 2. The number of hydrogen-bond acceptors (Lipinski definition) is 2. The van der Waals surface area contributed by atoms with Crippen LogP contribution in [0.15, 0.2) is 12.1 Å². The lowest BCUT2D eigenvalue weighted by atomic mass is 10.0. The number of carbonyl (C=O) groups is 1. The fourth-order valence-electron chi connectivity index (χ4n) is 1.65. The minimum atomic E-state index is -0.878. The Morgan fingerprint density at radius 3 is 2.87 bits per heavy atom. The van der Waals surface area contributed by atoms with Crippen molar-refractivity contribution >= 4 is 17.5 Å². The van der Waals surface area contributed by atoms with Gasteiger partial charge < -0.3 is 0 Å². The second-order valence-corrected chi connectivity index (χ2v) is 5.06. The topological polar surface area (TPSA) is 17.1 Å². The molecule has 1 nitrogen and oxygen atoms in total. The molecule has 80 valence electrons. The number of ketones is 1. The van der Waals surface area contributed by atoms with Crippen molar-refractivity contribution in [2.45, 2.75) is 24.3 Å². The first kappa shape index (κ1) is 10.6. The molecule has 4 heteroatoms. The van der Waals surface area contributed by atoms with E-state index in [4.69, 9.17) is 0 Å². The Bertz CT molecular complexity index is 417. The highest BCUT2D eigenvalue weighted by Gasteiger charge is 2.24. The predicted octanol–water partition coefficient (Wildman–Crippen LogP) is 3.17. The molecule has 0 amide bonds. The minimum Gasteiger partial charge on any atom is -0.294 e. The van der Waals surface area contributed by atoms with E-state index in [0.29, 0.717) is 17.7 Å². The number of carbonyl (C=O) groups excluding carboxylic acids is 1. The van der Waals surface area contributed by atoms with Crippen LogP contribution in [0, 0.1) is 11.6 Å². The average Bonchev–Trinajstić information content (AvgIpc) is 2.32. The zero-order valence-electron chi connectivity index (χ0n) is 8.22. The number of hydrogen-bond donors (Lipinski definition) is 0. The molecule has 0 aromatic heterocycles. The van der Waals surface area contributed by atoms with Gasteiger partial charge in [0.15, 0.2) is 17.4 Å². The Hall–Kier alpha value is -0.900. The average molecular weight is 228 g/mol. The summed E-state index contributed by atoms with van der Waals surface area (Å²) in [4.78, 5) is 11.7. The molecule has 0 spiro atoms. The van der Waals surface area contributed by atoms with E-state index in [2.05, 4.69) is 0 Å². The lowest BCUT2D eigenvalue weighted by molar-refractivity contribution is 0.0983. The highest BCUT2D eigenvalue weighted by atomic mass is 32.2. The molecule has 1 unspecified atom stereocenters. The summed E-state index contributed by atoms with van der Waals surface area (Å²) < 4.78 is 26.4. The van der Waals surface area contributed by atoms with Crippen molar-refractivity contribution in [2.75, 3.05) is 0 Å². The normalized spacial score (nSPS) is 21.0. The number of benzene rings is 1. The summed E-state index contributed by atoms with van der Waals surface area (Å²) in [5, 5.41) is 0.160. The SMILES string of the molecule is CC1CC(=O)c2ccc(F)c(F)c2CS1. The number of Topliss-reactive ketones (excluding diaryl/α,β-unsaturated/α-hetero) is 1. The Balaban J connectivity index is 2.53. The third kappa shape index (κ3) is 1.91. The van der Waals surface area contributed by atoms with Gasteiger partial charge >= 0.3 is 0 Å². The molecule has 15 heavy (non-hydrogen) atoms. The fourth-order valence-corrected chi connectivity index (χ4v) is 2.65. The van der Waals surface area contributed by atoms with Crippen molar-refractivity contribution in [3.63, 3.8) is 0 Å². The van der Waals surface area contributed by atoms with Crippen LogP contribution in [-0.2, 0) is 5.75 Å². The van der Waals surface area contributed by atoms with E-state index in [1.54, 1.807) is 0 Å². The number of fused-ring (bicyclic) bond motifs is 1. The van der Waals surface area contributed by atoms with E-state index in [9.17, 15) is 13.6 Å². The summed E-state index contributed by atoms with van der Waals surface area (Å²) in [5.41, 5.74) is 0.556. The second-order valence-electron chi connectivity index (χ2n) is 3.64. The van der Waals surface area contributed by atoms with Gasteiger partial charge in [0.25, 0.3) is 0 Å². The Labute approximate surface area is 90.9 Å². The minimum absolute atomic E-state index is 0.0959. The van der Waals surface area contributed by atoms with Crippen molar-refractivity contribution in [3.05, 3.63) is 34.9 Å². The van der Waals surface area contributed by atoms with E-state index >= 15 is 0 Å². The fraction of sp³-hybridized carbons (Fsp3) is 0.364. The standard InChI is InChI=1S/C11H10F2OS/c1-6-4-10(14)7-2-3-9(12)11(13)8(7)5-15-6/h2-3,6H,4-5H2,1H3. The first-order valence-electron chi connectivity index (χ1n) is 4.71. The molecular formula is C11H10F2OS. The molecule has 2 rings (SSSR count). The van der Waals surface area contributed by atoms with Crippen molar-refractivity contribution in [2.24, 2.45) is 0 Å². The van der Waals surface area contributed by atoms with E-state index in [0.717, 1.165) is 6.07 Å². The van der Waals surface area contributed by atoms with E-state index < -0.39 is 11.6 Å². The highest BCUT2D eigenvalue weighted by molar-refractivity contribution is 7.99. The van der Waals surface area contributed by atoms with E-state index in [1.165, 1.54) is 17.8 Å². The molecule has 1 heterocycles. The van der Waals surface area contributed by atoms with Gasteiger partial charge in [-0.05, 0) is 12.1 Å². The smallest absolute Gasteiger partial charge is 0.164 e. The molecule has 0 aliphatic carbocycles. The third-order valence-corrected chi connectivity index (χ3v) is 3.67. The van der Waals surface area contributed by atoms with E-state index in [1.807, 2.05) is 6.92 Å². The number of rotatable bonds is 0. The summed E-state index contributed by atoms with van der Waals surface area (Å²) in [5.74, 6) is -1.48. The monoisotopic (exact) mass is 228 g/mol. The zero-order chi connectivity index (χ0) is 11.0. The summed E-state index contributed by atoms with van der Waals surface area (Å²) >= 11 is 1.48. The van der Waals surface area contributed by atoms with Gasteiger partial charge in [-0.25, -0.2) is 8.78 Å². The first-order valence-corrected chi connectivity index (χ1v) is 5.76. The Kier molecular flexibility index (Phi) is 2.78. The lowest BCUT2D eigenvalue weighted by Crippen LogP contribution is -2.06. The third-order valence-electron chi connectivity index (χ3n) is 2.48. The lowest BCUT2D eigenvalue weighted by Gasteiger charge is -2.05. The van der Waals surface area contributed by atoms with Gasteiger partial charge in [0.1, 0.15) is 0 Å². The van der Waals surface area contributed by atoms with Gasteiger partial charge in [-0.1, -0.05) is 6.92 Å². The molecule has 0 saturated heterocycles. The Morgan fingerprint density at radius 2 is 2.13 bits per heavy atom. The molecule has 0 radical (unpaired) electrons. The summed E-state index contributed by atoms with van der Waals surface area (Å²) in [6.45, 7) is 1.92. The van der Waals surface area contributed by atoms with Gasteiger partial charge in [-0.2, -0.15) is 11.8 Å². The molecule has 1 aliphatic heterocycles. The highest BCUT2D eigenvalue weighted by Crippen LogP contribution is 2.31. The summed E-state index contributed by atoms with van der Waals surface area (Å²) in [6, 6.07) is 2.40. The van der Waals surface area contributed by atoms with Crippen LogP contribution in [0.25, 0.3) is 0 Å². The summed E-state index contributed by atoms with van der Waals surface area (Å²) in [7, 11) is 0. The van der Waals surface area contributed by atoms with Crippen molar-refractivity contribution in [1.82, 2.24) is 0 Å². The Morgan fingerprint density at radius 1 is 1.40 bits per heavy atom. The van der Waals surface area contributed by atoms with Crippen molar-refractivity contribution in [3.8, 4) is 0 Å². The molecule has 0 saturated carbocycles. The molecule has 0 bridgehead atoms. The van der Waals surface area contributed by atoms with E-state index in [-0.39, 0.29) is 16.6 Å². The first-order chi connectivity index (χ1) is 7.09. The van der Waals surface area contributed by atoms with Crippen LogP contribution in [0.3, 0.4) is 0 Å². The molecule has 0 fully saturated rings. The van der Waals surface area contributed by atoms with Gasteiger partial charge in [0, 0.05) is 28.6 Å². The maximum atomic E-state index is 13.4. The molecule has 0 N–H and O–H groups in total. The van der Waals surface area contributed by atoms with Crippen molar-refractivity contribution < 1.29 is 13.6 Å². The maximum absolute atomic E-state index is 13.4. The largest absolute Gasteiger partial charge is 0.294 e. The van der Waals surface area contributed by atoms with Crippen LogP contribution in [0.4, 0.5) is 8.78 Å². The van der Waals surface area contributed by atoms with Crippen LogP contribution in [-0.4, -0.2) is 11.0 Å². The number of thioether (sulfide) groups is 1. The quantitative estimate of drug-likeness (QED) is 0.678. The van der Waals surface area contributed by atoms with Gasteiger partial charge in [-0.15, -0.1) is 0 Å². The second kappa shape index (κ2) is 3.93. The van der Waals surface area contributed by atoms with Crippen LogP contribution >= 0.6 is 11.8 Å². The molecule has 1 aliphatic rings. The van der Waals surface area contributed by atoms with Gasteiger partial charge in [-0.3, -0.25) is 4.79 Å². The molecular weight excluding hydrogens is 218 g/mol. The van der Waals surface area contributed by atoms with Crippen LogP contribution in [0.2, 0.25) is 0 Å². The maximum Gasteiger partial charge on any atom is 0.164 e. The van der Waals surface area contributed by atoms with Crippen LogP contribution in [0.1, 0.15) is 29.3 Å². The van der Waals surface area contributed by atoms with Gasteiger partial charge in [0.2, 0.25) is 0 Å². The van der Waals surface area contributed by atoms with Crippen molar-refractivity contribution in [1.29, 1.82) is 0 Å². The molecule has 1 atom stereocenters. The molecule has 1 aromatic carbocycles. The predicted molar refractivity (Wildman–Crippen MR) is 56.1 cm³/mol. The van der Waals surface area contributed by atoms with Gasteiger partial charge in [0.05, 0.1) is 0 Å². The van der Waals surface area contributed by atoms with Crippen LogP contribution < -0.4 is 0 Å². The van der Waals surface area contributed by atoms with Crippen LogP contribution in [0.5, 0.6) is 0 Å².